The summed E-state index contributed by atoms with van der Waals surface area (Å²) in [5, 5.41) is 12.5. The van der Waals surface area contributed by atoms with Gasteiger partial charge < -0.3 is 19.6 Å². The Kier molecular flexibility index (Phi) is 5.66. The van der Waals surface area contributed by atoms with Crippen molar-refractivity contribution in [1.82, 2.24) is 10.3 Å². The Morgan fingerprint density at radius 1 is 1.19 bits per heavy atom. The molecule has 0 saturated carbocycles. The summed E-state index contributed by atoms with van der Waals surface area (Å²) in [6.45, 7) is 2.53. The fourth-order valence-electron chi connectivity index (χ4n) is 2.55. The summed E-state index contributed by atoms with van der Waals surface area (Å²) in [7, 11) is 0. The zero-order valence-electron chi connectivity index (χ0n) is 14.4. The molecule has 2 N–H and O–H groups in total. The van der Waals surface area contributed by atoms with E-state index in [4.69, 9.17) is 9.15 Å². The first kappa shape index (κ1) is 17.7. The van der Waals surface area contributed by atoms with Crippen LogP contribution in [0.4, 0.5) is 0 Å². The van der Waals surface area contributed by atoms with Gasteiger partial charge >= 0.3 is 5.97 Å². The van der Waals surface area contributed by atoms with Gasteiger partial charge in [0.1, 0.15) is 11.8 Å². The number of nitrogens with zero attached hydrogens (tertiary/aromatic N) is 1. The molecule has 0 radical (unpaired) electrons. The van der Waals surface area contributed by atoms with Gasteiger partial charge in [0.05, 0.1) is 0 Å². The minimum atomic E-state index is -0.526. The van der Waals surface area contributed by atoms with Gasteiger partial charge in [0.25, 0.3) is 5.88 Å². The van der Waals surface area contributed by atoms with Crippen LogP contribution in [0.2, 0.25) is 0 Å². The highest BCUT2D eigenvalue weighted by molar-refractivity contribution is 5.78. The lowest BCUT2D eigenvalue weighted by Gasteiger charge is -2.15. The number of oxazole rings is 1. The molecule has 1 heterocycles. The lowest BCUT2D eigenvalue weighted by atomic mass is 10.1. The van der Waals surface area contributed by atoms with E-state index in [1.165, 1.54) is 6.26 Å². The fourth-order valence-corrected chi connectivity index (χ4v) is 2.55. The molecule has 134 valence electrons. The molecular weight excluding hydrogens is 332 g/mol. The van der Waals surface area contributed by atoms with Crippen molar-refractivity contribution in [2.24, 2.45) is 0 Å². The van der Waals surface area contributed by atoms with Crippen molar-refractivity contribution in [2.75, 3.05) is 6.54 Å². The van der Waals surface area contributed by atoms with Crippen molar-refractivity contribution in [3.05, 3.63) is 66.4 Å². The Bertz CT molecular complexity index is 844. The van der Waals surface area contributed by atoms with Crippen molar-refractivity contribution in [2.45, 2.75) is 19.4 Å². The van der Waals surface area contributed by atoms with Gasteiger partial charge in [-0.25, -0.2) is 4.79 Å². The molecule has 2 aromatic carbocycles. The summed E-state index contributed by atoms with van der Waals surface area (Å²) in [6.07, 6.45) is 1.76. The third-order valence-electron chi connectivity index (χ3n) is 3.82. The van der Waals surface area contributed by atoms with Crippen LogP contribution in [0.15, 0.2) is 65.3 Å². The largest absolute Gasteiger partial charge is 0.508 e. The summed E-state index contributed by atoms with van der Waals surface area (Å²) in [4.78, 5) is 16.7. The quantitative estimate of drug-likeness (QED) is 0.635. The molecule has 1 atom stereocenters. The Morgan fingerprint density at radius 3 is 2.62 bits per heavy atom. The first-order chi connectivity index (χ1) is 12.7. The van der Waals surface area contributed by atoms with Crippen LogP contribution in [0.3, 0.4) is 0 Å². The second-order valence-corrected chi connectivity index (χ2v) is 5.76. The predicted octanol–water partition coefficient (Wildman–Crippen LogP) is 3.17. The smallest absolute Gasteiger partial charge is 0.330 e. The molecule has 3 aromatic rings. The van der Waals surface area contributed by atoms with Gasteiger partial charge in [0, 0.05) is 5.56 Å². The number of ether oxygens (including phenoxy) is 1. The zero-order chi connectivity index (χ0) is 18.4. The normalized spacial score (nSPS) is 11.9. The van der Waals surface area contributed by atoms with E-state index in [9.17, 15) is 9.90 Å². The monoisotopic (exact) mass is 352 g/mol. The van der Waals surface area contributed by atoms with Crippen LogP contribution in [0, 0.1) is 0 Å². The molecule has 6 nitrogen and oxygen atoms in total. The summed E-state index contributed by atoms with van der Waals surface area (Å²) in [5.74, 6) is 0.273. The van der Waals surface area contributed by atoms with E-state index < -0.39 is 12.0 Å². The fraction of sp³-hybridized carbons (Fsp3) is 0.200. The molecule has 0 aliphatic heterocycles. The van der Waals surface area contributed by atoms with Crippen LogP contribution in [0.1, 0.15) is 12.5 Å². The van der Waals surface area contributed by atoms with Crippen LogP contribution in [0.5, 0.6) is 11.6 Å². The predicted molar refractivity (Wildman–Crippen MR) is 96.8 cm³/mol. The third kappa shape index (κ3) is 4.49. The summed E-state index contributed by atoms with van der Waals surface area (Å²) < 4.78 is 10.8. The highest BCUT2D eigenvalue weighted by Crippen LogP contribution is 2.22. The summed E-state index contributed by atoms with van der Waals surface area (Å²) >= 11 is 0. The van der Waals surface area contributed by atoms with Crippen molar-refractivity contribution in [3.63, 3.8) is 0 Å². The molecule has 0 bridgehead atoms. The van der Waals surface area contributed by atoms with E-state index in [1.807, 2.05) is 37.3 Å². The summed E-state index contributed by atoms with van der Waals surface area (Å²) in [6, 6.07) is 15.6. The van der Waals surface area contributed by atoms with Gasteiger partial charge in [-0.3, -0.25) is 0 Å². The maximum absolute atomic E-state index is 12.5. The number of nitrogens with one attached hydrogen (secondary N) is 1. The number of carbonyl (C=O) groups is 1. The Morgan fingerprint density at radius 2 is 1.92 bits per heavy atom. The van der Waals surface area contributed by atoms with Crippen LogP contribution in [0.25, 0.3) is 11.5 Å². The number of phenols is 1. The lowest BCUT2D eigenvalue weighted by molar-refractivity contribution is -0.137. The maximum atomic E-state index is 12.5. The number of rotatable bonds is 7. The molecule has 0 unspecified atom stereocenters. The number of benzene rings is 2. The van der Waals surface area contributed by atoms with Crippen LogP contribution < -0.4 is 10.1 Å². The molecule has 6 heteroatoms. The maximum Gasteiger partial charge on any atom is 0.330 e. The number of esters is 1. The Labute approximate surface area is 151 Å². The third-order valence-corrected chi connectivity index (χ3v) is 3.82. The molecule has 0 amide bonds. The van der Waals surface area contributed by atoms with Crippen LogP contribution in [-0.4, -0.2) is 28.6 Å². The van der Waals surface area contributed by atoms with E-state index in [0.717, 1.165) is 11.1 Å². The van der Waals surface area contributed by atoms with Crippen LogP contribution >= 0.6 is 0 Å². The number of aromatic nitrogens is 1. The van der Waals surface area contributed by atoms with Gasteiger partial charge in [-0.05, 0) is 42.8 Å². The van der Waals surface area contributed by atoms with E-state index >= 15 is 0 Å². The highest BCUT2D eigenvalue weighted by Gasteiger charge is 2.22. The van der Waals surface area contributed by atoms with Gasteiger partial charge in [-0.2, -0.15) is 4.98 Å². The zero-order valence-corrected chi connectivity index (χ0v) is 14.4. The number of phenolic OH excluding ortho intramolecular Hbond substituents is 1. The molecule has 0 saturated heterocycles. The second kappa shape index (κ2) is 8.31. The molecule has 0 aliphatic carbocycles. The minimum Gasteiger partial charge on any atom is -0.508 e. The Hall–Kier alpha value is -3.12. The molecular formula is C20H20N2O4. The first-order valence-electron chi connectivity index (χ1n) is 8.39. The minimum absolute atomic E-state index is 0.127. The standard InChI is InChI=1S/C20H20N2O4/c1-2-21-17(12-14-8-10-16(23)11-9-14)20(24)26-18-13-25-19(22-18)15-6-4-3-5-7-15/h3-11,13,17,21,23H,2,12H2,1H3/t17-/m0/s1. The first-order valence-corrected chi connectivity index (χ1v) is 8.39. The molecule has 26 heavy (non-hydrogen) atoms. The van der Waals surface area contributed by atoms with E-state index in [0.29, 0.717) is 18.9 Å². The van der Waals surface area contributed by atoms with E-state index in [-0.39, 0.29) is 11.6 Å². The topological polar surface area (TPSA) is 84.6 Å². The van der Waals surface area contributed by atoms with Crippen molar-refractivity contribution >= 4 is 5.97 Å². The molecule has 0 fully saturated rings. The molecule has 3 rings (SSSR count). The van der Waals surface area contributed by atoms with Crippen LogP contribution in [-0.2, 0) is 11.2 Å². The van der Waals surface area contributed by atoms with E-state index in [1.54, 1.807) is 24.3 Å². The van der Waals surface area contributed by atoms with Gasteiger partial charge in [-0.15, -0.1) is 0 Å². The van der Waals surface area contributed by atoms with Gasteiger partial charge in [0.15, 0.2) is 6.26 Å². The number of hydrogen-bond donors (Lipinski definition) is 2. The Balaban J connectivity index is 1.68. The number of hydrogen-bond acceptors (Lipinski definition) is 6. The molecule has 0 aliphatic rings. The molecule has 0 spiro atoms. The highest BCUT2D eigenvalue weighted by atomic mass is 16.6. The second-order valence-electron chi connectivity index (χ2n) is 5.76. The van der Waals surface area contributed by atoms with Gasteiger partial charge in [0.2, 0.25) is 5.89 Å². The number of likely N-dealkylation sites (N-methyl/N-ethyl adjacent to an activating group) is 1. The van der Waals surface area contributed by atoms with Crippen molar-refractivity contribution in [1.29, 1.82) is 0 Å². The van der Waals surface area contributed by atoms with Crippen molar-refractivity contribution in [3.8, 4) is 23.1 Å². The summed E-state index contributed by atoms with van der Waals surface area (Å²) in [5.41, 5.74) is 1.72. The average molecular weight is 352 g/mol. The number of aromatic hydroxyl groups is 1. The lowest BCUT2D eigenvalue weighted by Crippen LogP contribution is -2.41. The number of carbonyl (C=O) groups excluding carboxylic acids is 1. The molecule has 1 aromatic heterocycles. The van der Waals surface area contributed by atoms with Gasteiger partial charge in [-0.1, -0.05) is 37.3 Å². The van der Waals surface area contributed by atoms with Crippen molar-refractivity contribution < 1.29 is 19.1 Å². The van der Waals surface area contributed by atoms with E-state index in [2.05, 4.69) is 10.3 Å². The SMILES string of the molecule is CCN[C@@H](Cc1ccc(O)cc1)C(=O)Oc1coc(-c2ccccc2)n1. The average Bonchev–Trinajstić information content (AvgIpc) is 3.12.